The first-order valence-corrected chi connectivity index (χ1v) is 6.11. The molecule has 0 aliphatic heterocycles. The Bertz CT molecular complexity index is 430. The molecule has 0 radical (unpaired) electrons. The third-order valence-corrected chi connectivity index (χ3v) is 2.43. The van der Waals surface area contributed by atoms with Crippen LogP contribution >= 0.6 is 0 Å². The zero-order chi connectivity index (χ0) is 14.1. The van der Waals surface area contributed by atoms with Crippen molar-refractivity contribution < 1.29 is 9.53 Å². The Morgan fingerprint density at radius 3 is 2.89 bits per heavy atom. The standard InChI is InChI=1S/C14H21N3O2/c1-17(2)10-9-16-14(18)15-8-7-12-5-4-6-13(11-12)19-3/h4-8,11H,9-10H2,1-3H3,(H2,15,16,18)/b8-7+. The van der Waals surface area contributed by atoms with Gasteiger partial charge in [0, 0.05) is 19.3 Å². The Balaban J connectivity index is 2.34. The van der Waals surface area contributed by atoms with Crippen LogP contribution in [0.2, 0.25) is 0 Å². The second kappa shape index (κ2) is 8.16. The maximum absolute atomic E-state index is 11.4. The number of methoxy groups -OCH3 is 1. The topological polar surface area (TPSA) is 53.6 Å². The number of hydrogen-bond donors (Lipinski definition) is 2. The van der Waals surface area contributed by atoms with Crippen molar-refractivity contribution in [2.75, 3.05) is 34.3 Å². The molecule has 5 nitrogen and oxygen atoms in total. The summed E-state index contributed by atoms with van der Waals surface area (Å²) >= 11 is 0. The average molecular weight is 263 g/mol. The van der Waals surface area contributed by atoms with Crippen molar-refractivity contribution in [3.8, 4) is 5.75 Å². The van der Waals surface area contributed by atoms with Crippen LogP contribution in [0.25, 0.3) is 6.08 Å². The minimum absolute atomic E-state index is 0.207. The fourth-order valence-electron chi connectivity index (χ4n) is 1.40. The molecule has 5 heteroatoms. The largest absolute Gasteiger partial charge is 0.497 e. The summed E-state index contributed by atoms with van der Waals surface area (Å²) in [6.45, 7) is 1.43. The number of carbonyl (C=O) groups excluding carboxylic acids is 1. The number of benzene rings is 1. The van der Waals surface area contributed by atoms with Crippen molar-refractivity contribution in [2.24, 2.45) is 0 Å². The predicted molar refractivity (Wildman–Crippen MR) is 77.1 cm³/mol. The highest BCUT2D eigenvalue weighted by molar-refractivity contribution is 5.75. The number of ether oxygens (including phenoxy) is 1. The molecule has 0 spiro atoms. The van der Waals surface area contributed by atoms with Gasteiger partial charge in [0.05, 0.1) is 7.11 Å². The van der Waals surface area contributed by atoms with Gasteiger partial charge in [-0.25, -0.2) is 4.79 Å². The van der Waals surface area contributed by atoms with Crippen molar-refractivity contribution in [1.29, 1.82) is 0 Å². The number of hydrogen-bond acceptors (Lipinski definition) is 3. The highest BCUT2D eigenvalue weighted by atomic mass is 16.5. The SMILES string of the molecule is COc1cccc(/C=C/NC(=O)NCCN(C)C)c1. The number of rotatable bonds is 6. The van der Waals surface area contributed by atoms with E-state index in [1.165, 1.54) is 0 Å². The number of amides is 2. The van der Waals surface area contributed by atoms with E-state index in [1.54, 1.807) is 13.3 Å². The molecule has 0 aliphatic rings. The second-order valence-electron chi connectivity index (χ2n) is 4.31. The van der Waals surface area contributed by atoms with E-state index < -0.39 is 0 Å². The van der Waals surface area contributed by atoms with Gasteiger partial charge in [0.15, 0.2) is 0 Å². The fourth-order valence-corrected chi connectivity index (χ4v) is 1.40. The lowest BCUT2D eigenvalue weighted by Crippen LogP contribution is -2.36. The Kier molecular flexibility index (Phi) is 6.46. The van der Waals surface area contributed by atoms with Gasteiger partial charge in [-0.15, -0.1) is 0 Å². The van der Waals surface area contributed by atoms with E-state index in [0.29, 0.717) is 6.54 Å². The highest BCUT2D eigenvalue weighted by Crippen LogP contribution is 2.13. The third kappa shape index (κ3) is 6.47. The quantitative estimate of drug-likeness (QED) is 0.818. The van der Waals surface area contributed by atoms with Gasteiger partial charge < -0.3 is 20.3 Å². The van der Waals surface area contributed by atoms with Crippen LogP contribution in [0.15, 0.2) is 30.5 Å². The summed E-state index contributed by atoms with van der Waals surface area (Å²) in [5, 5.41) is 5.41. The van der Waals surface area contributed by atoms with Crippen LogP contribution in [0, 0.1) is 0 Å². The molecule has 0 heterocycles. The minimum Gasteiger partial charge on any atom is -0.497 e. The van der Waals surface area contributed by atoms with E-state index in [0.717, 1.165) is 17.9 Å². The van der Waals surface area contributed by atoms with Gasteiger partial charge in [0.2, 0.25) is 0 Å². The zero-order valence-corrected chi connectivity index (χ0v) is 11.6. The van der Waals surface area contributed by atoms with Gasteiger partial charge in [-0.2, -0.15) is 0 Å². The molecule has 1 aromatic rings. The van der Waals surface area contributed by atoms with Gasteiger partial charge in [0.1, 0.15) is 5.75 Å². The molecule has 0 atom stereocenters. The lowest BCUT2D eigenvalue weighted by atomic mass is 10.2. The number of urea groups is 1. The van der Waals surface area contributed by atoms with Crippen molar-refractivity contribution in [1.82, 2.24) is 15.5 Å². The summed E-state index contributed by atoms with van der Waals surface area (Å²) in [5.74, 6) is 0.789. The van der Waals surface area contributed by atoms with E-state index >= 15 is 0 Å². The molecular formula is C14H21N3O2. The van der Waals surface area contributed by atoms with Gasteiger partial charge in [-0.1, -0.05) is 12.1 Å². The normalized spacial score (nSPS) is 10.7. The average Bonchev–Trinajstić information content (AvgIpc) is 2.38. The molecule has 2 amide bonds. The Morgan fingerprint density at radius 2 is 2.21 bits per heavy atom. The smallest absolute Gasteiger partial charge is 0.318 e. The molecule has 0 aliphatic carbocycles. The summed E-state index contributed by atoms with van der Waals surface area (Å²) in [4.78, 5) is 13.4. The Morgan fingerprint density at radius 1 is 1.42 bits per heavy atom. The molecular weight excluding hydrogens is 242 g/mol. The van der Waals surface area contributed by atoms with E-state index in [1.807, 2.05) is 49.3 Å². The second-order valence-corrected chi connectivity index (χ2v) is 4.31. The number of carbonyl (C=O) groups is 1. The molecule has 1 aromatic carbocycles. The maximum Gasteiger partial charge on any atom is 0.318 e. The number of likely N-dealkylation sites (N-methyl/N-ethyl adjacent to an activating group) is 1. The van der Waals surface area contributed by atoms with E-state index in [2.05, 4.69) is 10.6 Å². The van der Waals surface area contributed by atoms with Gasteiger partial charge in [-0.3, -0.25) is 0 Å². The van der Waals surface area contributed by atoms with Gasteiger partial charge in [0.25, 0.3) is 0 Å². The summed E-state index contributed by atoms with van der Waals surface area (Å²) in [5.41, 5.74) is 0.966. The van der Waals surface area contributed by atoms with Crippen molar-refractivity contribution >= 4 is 12.1 Å². The molecule has 0 fully saturated rings. The van der Waals surface area contributed by atoms with E-state index in [4.69, 9.17) is 4.74 Å². The molecule has 104 valence electrons. The maximum atomic E-state index is 11.4. The van der Waals surface area contributed by atoms with E-state index in [9.17, 15) is 4.79 Å². The molecule has 19 heavy (non-hydrogen) atoms. The van der Waals surface area contributed by atoms with E-state index in [-0.39, 0.29) is 6.03 Å². The molecule has 0 saturated carbocycles. The fraction of sp³-hybridized carbons (Fsp3) is 0.357. The molecule has 0 bridgehead atoms. The summed E-state index contributed by atoms with van der Waals surface area (Å²) in [7, 11) is 5.55. The van der Waals surface area contributed by atoms with Crippen molar-refractivity contribution in [3.63, 3.8) is 0 Å². The van der Waals surface area contributed by atoms with Crippen molar-refractivity contribution in [2.45, 2.75) is 0 Å². The molecule has 0 saturated heterocycles. The van der Waals surface area contributed by atoms with Crippen molar-refractivity contribution in [3.05, 3.63) is 36.0 Å². The minimum atomic E-state index is -0.207. The van der Waals surface area contributed by atoms with Crippen LogP contribution in [-0.2, 0) is 0 Å². The van der Waals surface area contributed by atoms with Gasteiger partial charge >= 0.3 is 6.03 Å². The summed E-state index contributed by atoms with van der Waals surface area (Å²) in [6.07, 6.45) is 3.42. The lowest BCUT2D eigenvalue weighted by molar-refractivity contribution is 0.243. The summed E-state index contributed by atoms with van der Waals surface area (Å²) in [6, 6.07) is 7.39. The predicted octanol–water partition coefficient (Wildman–Crippen LogP) is 1.53. The lowest BCUT2D eigenvalue weighted by Gasteiger charge is -2.09. The molecule has 2 N–H and O–H groups in total. The first-order chi connectivity index (χ1) is 9.11. The molecule has 1 rings (SSSR count). The van der Waals surface area contributed by atoms with Gasteiger partial charge in [-0.05, 0) is 37.9 Å². The van der Waals surface area contributed by atoms with Crippen LogP contribution in [-0.4, -0.2) is 45.2 Å². The van der Waals surface area contributed by atoms with Crippen LogP contribution in [0.1, 0.15) is 5.56 Å². The number of nitrogens with zero attached hydrogens (tertiary/aromatic N) is 1. The monoisotopic (exact) mass is 263 g/mol. The van der Waals surface area contributed by atoms with Crippen LogP contribution in [0.5, 0.6) is 5.75 Å². The van der Waals surface area contributed by atoms with Crippen LogP contribution in [0.4, 0.5) is 4.79 Å². The third-order valence-electron chi connectivity index (χ3n) is 2.43. The molecule has 0 unspecified atom stereocenters. The first-order valence-electron chi connectivity index (χ1n) is 6.11. The Hall–Kier alpha value is -2.01. The zero-order valence-electron chi connectivity index (χ0n) is 11.6. The number of nitrogens with one attached hydrogen (secondary N) is 2. The summed E-state index contributed by atoms with van der Waals surface area (Å²) < 4.78 is 5.12. The van der Waals surface area contributed by atoms with Crippen LogP contribution in [0.3, 0.4) is 0 Å². The Labute approximate surface area is 114 Å². The first kappa shape index (κ1) is 15.0. The highest BCUT2D eigenvalue weighted by Gasteiger charge is 1.96. The molecule has 0 aromatic heterocycles. The van der Waals surface area contributed by atoms with Crippen LogP contribution < -0.4 is 15.4 Å².